The molecule has 9 nitrogen and oxygen atoms in total. The fraction of sp³-hybridized carbons (Fsp3) is 0.818. The highest BCUT2D eigenvalue weighted by Gasteiger charge is 2.30. The summed E-state index contributed by atoms with van der Waals surface area (Å²) in [5, 5.41) is 3.05. The maximum absolute atomic E-state index is 13.6. The highest BCUT2D eigenvalue weighted by atomic mass is 31.2. The molecule has 0 radical (unpaired) electrons. The van der Waals surface area contributed by atoms with E-state index in [-0.39, 0.29) is 31.5 Å². The second kappa shape index (κ2) is 56.0. The summed E-state index contributed by atoms with van der Waals surface area (Å²) in [5.74, 6) is -0.520. The Morgan fingerprint density at radius 2 is 0.803 bits per heavy atom. The van der Waals surface area contributed by atoms with Crippen LogP contribution in [0.2, 0.25) is 0 Å². The quantitative estimate of drug-likeness (QED) is 0.0205. The van der Waals surface area contributed by atoms with Crippen molar-refractivity contribution < 1.29 is 37.3 Å². The molecule has 0 aliphatic carbocycles. The monoisotopic (exact) mass is 1090 g/mol. The number of nitrogens with one attached hydrogen (secondary N) is 1. The molecule has 0 bridgehead atoms. The number of amides is 1. The summed E-state index contributed by atoms with van der Waals surface area (Å²) < 4.78 is 30.7. The zero-order chi connectivity index (χ0) is 55.7. The number of rotatable bonds is 58. The number of nitrogens with zero attached hydrogens (tertiary/aromatic N) is 1. The molecule has 2 N–H and O–H groups in total. The van der Waals surface area contributed by atoms with Crippen LogP contribution in [0.5, 0.6) is 0 Å². The van der Waals surface area contributed by atoms with Crippen molar-refractivity contribution >= 4 is 19.7 Å². The highest BCUT2D eigenvalue weighted by molar-refractivity contribution is 7.47. The fourth-order valence-corrected chi connectivity index (χ4v) is 9.91. The smallest absolute Gasteiger partial charge is 0.456 e. The largest absolute Gasteiger partial charge is 0.472 e. The molecule has 0 spiro atoms. The SMILES string of the molecule is CCCCC/C=C\C/C=C\C/C=C\CCCCCCCCCCCCCCC(=O)NC(COP(=O)(O)OCC[N+](C)(C)C)C(/C=C\CCCCCCCCCCC)OC(=O)CCCCC/C=C\CCCCCCCCC. The molecule has 76 heavy (non-hydrogen) atoms. The first-order valence-corrected chi connectivity index (χ1v) is 33.6. The summed E-state index contributed by atoms with van der Waals surface area (Å²) in [7, 11) is 1.49. The zero-order valence-corrected chi connectivity index (χ0v) is 51.6. The van der Waals surface area contributed by atoms with E-state index in [4.69, 9.17) is 13.8 Å². The Labute approximate surface area is 471 Å². The summed E-state index contributed by atoms with van der Waals surface area (Å²) in [5.41, 5.74) is 0. The molecule has 1 amide bonds. The summed E-state index contributed by atoms with van der Waals surface area (Å²) in [4.78, 5) is 37.7. The number of phosphoric ester groups is 1. The number of esters is 1. The number of likely N-dealkylation sites (N-methyl/N-ethyl adjacent to an activating group) is 1. The maximum atomic E-state index is 13.6. The summed E-state index contributed by atoms with van der Waals surface area (Å²) >= 11 is 0. The number of hydrogen-bond donors (Lipinski definition) is 2. The van der Waals surface area contributed by atoms with E-state index in [1.54, 1.807) is 0 Å². The molecule has 0 rings (SSSR count). The molecule has 10 heteroatoms. The summed E-state index contributed by atoms with van der Waals surface area (Å²) in [6.45, 7) is 6.98. The lowest BCUT2D eigenvalue weighted by Gasteiger charge is -2.27. The van der Waals surface area contributed by atoms with Crippen LogP contribution in [0.1, 0.15) is 297 Å². The van der Waals surface area contributed by atoms with Crippen LogP contribution in [0.15, 0.2) is 60.8 Å². The van der Waals surface area contributed by atoms with Crippen molar-refractivity contribution in [1.82, 2.24) is 5.32 Å². The summed E-state index contributed by atoms with van der Waals surface area (Å²) in [6.07, 6.45) is 70.8. The Bertz CT molecular complexity index is 1490. The van der Waals surface area contributed by atoms with Gasteiger partial charge in [0, 0.05) is 12.8 Å². The molecular weight excluding hydrogens is 964 g/mol. The van der Waals surface area contributed by atoms with E-state index < -0.39 is 20.0 Å². The molecule has 0 heterocycles. The van der Waals surface area contributed by atoms with Gasteiger partial charge < -0.3 is 19.4 Å². The van der Waals surface area contributed by atoms with E-state index in [2.05, 4.69) is 74.7 Å². The second-order valence-corrected chi connectivity index (χ2v) is 24.4. The second-order valence-electron chi connectivity index (χ2n) is 22.9. The average Bonchev–Trinajstić information content (AvgIpc) is 3.38. The molecular formula is C66H124N2O7P+. The number of ether oxygens (including phenoxy) is 1. The highest BCUT2D eigenvalue weighted by Crippen LogP contribution is 2.43. The van der Waals surface area contributed by atoms with Crippen molar-refractivity contribution in [3.63, 3.8) is 0 Å². The minimum Gasteiger partial charge on any atom is -0.456 e. The Morgan fingerprint density at radius 1 is 0.461 bits per heavy atom. The van der Waals surface area contributed by atoms with Gasteiger partial charge in [-0.15, -0.1) is 0 Å². The van der Waals surface area contributed by atoms with Gasteiger partial charge in [0.2, 0.25) is 5.91 Å². The minimum absolute atomic E-state index is 0.0372. The molecule has 3 unspecified atom stereocenters. The topological polar surface area (TPSA) is 111 Å². The fourth-order valence-electron chi connectivity index (χ4n) is 9.18. The van der Waals surface area contributed by atoms with E-state index in [1.165, 1.54) is 180 Å². The third-order valence-electron chi connectivity index (χ3n) is 14.2. The van der Waals surface area contributed by atoms with E-state index in [0.29, 0.717) is 23.9 Å². The number of allylic oxidation sites excluding steroid dienone is 9. The van der Waals surface area contributed by atoms with Gasteiger partial charge in [-0.2, -0.15) is 0 Å². The van der Waals surface area contributed by atoms with E-state index in [1.807, 2.05) is 33.3 Å². The number of hydrogen-bond acceptors (Lipinski definition) is 6. The summed E-state index contributed by atoms with van der Waals surface area (Å²) in [6, 6.07) is -0.855. The Hall–Kier alpha value is -2.29. The lowest BCUT2D eigenvalue weighted by atomic mass is 10.0. The number of carbonyl (C=O) groups is 2. The van der Waals surface area contributed by atoms with Crippen LogP contribution in [0, 0.1) is 0 Å². The third kappa shape index (κ3) is 56.4. The standard InChI is InChI=1S/C66H123N2O7P/c1-7-10-13-16-19-22-25-27-29-30-31-32-33-34-35-36-37-38-39-40-43-46-49-52-55-58-65(69)67-63(62-74-76(71,72)73-61-60-68(4,5)6)64(57-54-51-48-45-42-24-21-18-15-12-9-3)75-66(70)59-56-53-50-47-44-41-28-26-23-20-17-14-11-8-2/h19,22,27,29,31-32,41,44,54,57,63-64H,7-18,20-21,23-26,28,30,33-40,42-43,45-53,55-56,58-62H2,1-6H3,(H-,67,69,71,72)/p+1/b22-19-,29-27-,32-31-,44-41-,57-54-. The number of unbranched alkanes of at least 4 members (excludes halogenated alkanes) is 34. The predicted molar refractivity (Wildman–Crippen MR) is 328 cm³/mol. The minimum atomic E-state index is -4.45. The van der Waals surface area contributed by atoms with Crippen molar-refractivity contribution in [2.75, 3.05) is 40.9 Å². The van der Waals surface area contributed by atoms with Gasteiger partial charge >= 0.3 is 13.8 Å². The van der Waals surface area contributed by atoms with Gasteiger partial charge in [0.05, 0.1) is 33.8 Å². The Kier molecular flexibility index (Phi) is 54.3. The molecule has 0 aliphatic rings. The van der Waals surface area contributed by atoms with Crippen LogP contribution in [-0.2, 0) is 27.9 Å². The predicted octanol–water partition coefficient (Wildman–Crippen LogP) is 19.8. The van der Waals surface area contributed by atoms with Gasteiger partial charge in [0.15, 0.2) is 0 Å². The van der Waals surface area contributed by atoms with E-state index in [9.17, 15) is 19.0 Å². The molecule has 0 aliphatic heterocycles. The van der Waals surface area contributed by atoms with Gasteiger partial charge in [-0.3, -0.25) is 18.6 Å². The van der Waals surface area contributed by atoms with Crippen molar-refractivity contribution in [3.05, 3.63) is 60.8 Å². The number of carbonyl (C=O) groups excluding carboxylic acids is 2. The van der Waals surface area contributed by atoms with Crippen LogP contribution in [0.25, 0.3) is 0 Å². The lowest BCUT2D eigenvalue weighted by Crippen LogP contribution is -2.47. The molecule has 3 atom stereocenters. The normalized spacial score (nSPS) is 14.0. The molecule has 0 aromatic rings. The van der Waals surface area contributed by atoms with Crippen molar-refractivity contribution in [3.8, 4) is 0 Å². The van der Waals surface area contributed by atoms with E-state index in [0.717, 1.165) is 77.0 Å². The molecule has 0 aromatic heterocycles. The number of quaternary nitrogens is 1. The Balaban J connectivity index is 5.09. The van der Waals surface area contributed by atoms with Gasteiger partial charge in [-0.25, -0.2) is 4.57 Å². The lowest BCUT2D eigenvalue weighted by molar-refractivity contribution is -0.870. The molecule has 0 fully saturated rings. The molecule has 0 saturated heterocycles. The molecule has 0 saturated carbocycles. The van der Waals surface area contributed by atoms with Gasteiger partial charge in [0.25, 0.3) is 0 Å². The molecule has 444 valence electrons. The maximum Gasteiger partial charge on any atom is 0.472 e. The van der Waals surface area contributed by atoms with Crippen LogP contribution in [0.3, 0.4) is 0 Å². The van der Waals surface area contributed by atoms with Crippen LogP contribution in [-0.4, -0.2) is 74.3 Å². The van der Waals surface area contributed by atoms with Crippen LogP contribution < -0.4 is 5.32 Å². The van der Waals surface area contributed by atoms with Crippen LogP contribution >= 0.6 is 7.82 Å². The van der Waals surface area contributed by atoms with Crippen molar-refractivity contribution in [1.29, 1.82) is 0 Å². The van der Waals surface area contributed by atoms with Gasteiger partial charge in [-0.05, 0) is 96.0 Å². The van der Waals surface area contributed by atoms with Gasteiger partial charge in [-0.1, -0.05) is 249 Å². The Morgan fingerprint density at radius 3 is 1.25 bits per heavy atom. The van der Waals surface area contributed by atoms with Crippen molar-refractivity contribution in [2.45, 2.75) is 309 Å². The average molecular weight is 1090 g/mol. The number of phosphoric acid groups is 1. The van der Waals surface area contributed by atoms with Crippen LogP contribution in [0.4, 0.5) is 0 Å². The first-order valence-electron chi connectivity index (χ1n) is 32.1. The zero-order valence-electron chi connectivity index (χ0n) is 50.7. The first-order chi connectivity index (χ1) is 36.9. The van der Waals surface area contributed by atoms with Gasteiger partial charge in [0.1, 0.15) is 19.3 Å². The molecule has 0 aromatic carbocycles. The van der Waals surface area contributed by atoms with Crippen molar-refractivity contribution in [2.24, 2.45) is 0 Å². The van der Waals surface area contributed by atoms with E-state index >= 15 is 0 Å². The first kappa shape index (κ1) is 73.7. The third-order valence-corrected chi connectivity index (χ3v) is 15.2.